The number of hydrogen-bond acceptors (Lipinski definition) is 5. The molecule has 4 aromatic rings. The third-order valence-corrected chi connectivity index (χ3v) is 6.73. The second-order valence-corrected chi connectivity index (χ2v) is 9.45. The molecule has 8 heteroatoms. The molecular formula is C32H36N4O4. The highest BCUT2D eigenvalue weighted by atomic mass is 16.5. The molecule has 1 atom stereocenters. The van der Waals surface area contributed by atoms with Crippen molar-refractivity contribution in [1.29, 1.82) is 0 Å². The van der Waals surface area contributed by atoms with Crippen LogP contribution in [0.4, 0.5) is 4.79 Å². The van der Waals surface area contributed by atoms with Crippen LogP contribution in [0.3, 0.4) is 0 Å². The number of nitrogens with zero attached hydrogens (tertiary/aromatic N) is 2. The Kier molecular flexibility index (Phi) is 9.93. The number of amides is 2. The summed E-state index contributed by atoms with van der Waals surface area (Å²) < 4.78 is 10.5. The minimum absolute atomic E-state index is 0.0332. The lowest BCUT2D eigenvalue weighted by molar-refractivity contribution is -0.143. The van der Waals surface area contributed by atoms with Gasteiger partial charge in [-0.2, -0.15) is 5.10 Å². The fourth-order valence-corrected chi connectivity index (χ4v) is 4.51. The summed E-state index contributed by atoms with van der Waals surface area (Å²) in [5, 5.41) is 10.4. The van der Waals surface area contributed by atoms with Gasteiger partial charge in [0.2, 0.25) is 0 Å². The molecule has 3 aromatic carbocycles. The fraction of sp³-hybridized carbons (Fsp3) is 0.281. The van der Waals surface area contributed by atoms with Crippen LogP contribution < -0.4 is 10.1 Å². The van der Waals surface area contributed by atoms with Crippen molar-refractivity contribution in [2.75, 3.05) is 13.7 Å². The number of aromatic nitrogens is 2. The molecule has 0 saturated heterocycles. The molecule has 2 N–H and O–H groups in total. The Morgan fingerprint density at radius 2 is 1.62 bits per heavy atom. The number of aromatic amines is 1. The fourth-order valence-electron chi connectivity index (χ4n) is 4.51. The molecule has 0 bridgehead atoms. The third-order valence-electron chi connectivity index (χ3n) is 6.73. The van der Waals surface area contributed by atoms with E-state index in [2.05, 4.69) is 34.6 Å². The van der Waals surface area contributed by atoms with Crippen LogP contribution in [0.15, 0.2) is 85.1 Å². The maximum Gasteiger partial charge on any atom is 0.318 e. The van der Waals surface area contributed by atoms with Gasteiger partial charge in [0.1, 0.15) is 5.75 Å². The van der Waals surface area contributed by atoms with Crippen molar-refractivity contribution in [3.63, 3.8) is 0 Å². The molecule has 2 amide bonds. The van der Waals surface area contributed by atoms with Crippen LogP contribution in [0, 0.1) is 0 Å². The number of carbonyl (C=O) groups excluding carboxylic acids is 2. The van der Waals surface area contributed by atoms with Gasteiger partial charge in [-0.15, -0.1) is 0 Å². The number of nitrogens with one attached hydrogen (secondary N) is 2. The van der Waals surface area contributed by atoms with Crippen molar-refractivity contribution in [3.8, 4) is 17.0 Å². The van der Waals surface area contributed by atoms with Gasteiger partial charge in [-0.05, 0) is 54.3 Å². The number of methoxy groups -OCH3 is 1. The summed E-state index contributed by atoms with van der Waals surface area (Å²) in [6.45, 7) is 4.85. The molecule has 208 valence electrons. The third kappa shape index (κ3) is 7.50. The van der Waals surface area contributed by atoms with Gasteiger partial charge in [0.05, 0.1) is 44.6 Å². The molecule has 40 heavy (non-hydrogen) atoms. The van der Waals surface area contributed by atoms with Gasteiger partial charge in [-0.3, -0.25) is 9.89 Å². The van der Waals surface area contributed by atoms with Gasteiger partial charge in [0, 0.05) is 17.7 Å². The van der Waals surface area contributed by atoms with E-state index in [1.165, 1.54) is 5.56 Å². The average Bonchev–Trinajstić information content (AvgIpc) is 3.45. The highest BCUT2D eigenvalue weighted by molar-refractivity contribution is 5.77. The Bertz CT molecular complexity index is 1370. The summed E-state index contributed by atoms with van der Waals surface area (Å²) in [6.07, 6.45) is 2.72. The molecular weight excluding hydrogens is 504 g/mol. The predicted molar refractivity (Wildman–Crippen MR) is 155 cm³/mol. The highest BCUT2D eigenvalue weighted by Gasteiger charge is 2.24. The normalized spacial score (nSPS) is 11.5. The first-order valence-corrected chi connectivity index (χ1v) is 13.5. The highest BCUT2D eigenvalue weighted by Crippen LogP contribution is 2.26. The maximum absolute atomic E-state index is 13.9. The minimum atomic E-state index is -0.539. The number of ether oxygens (including phenoxy) is 2. The number of rotatable bonds is 12. The van der Waals surface area contributed by atoms with Crippen molar-refractivity contribution in [2.45, 2.75) is 45.8 Å². The lowest BCUT2D eigenvalue weighted by Crippen LogP contribution is -2.41. The molecule has 0 unspecified atom stereocenters. The van der Waals surface area contributed by atoms with E-state index in [9.17, 15) is 9.59 Å². The average molecular weight is 541 g/mol. The second kappa shape index (κ2) is 14.0. The Balaban J connectivity index is 1.61. The van der Waals surface area contributed by atoms with E-state index in [0.717, 1.165) is 40.1 Å². The first-order chi connectivity index (χ1) is 19.5. The van der Waals surface area contributed by atoms with Crippen LogP contribution in [0.2, 0.25) is 0 Å². The molecule has 8 nitrogen and oxygen atoms in total. The van der Waals surface area contributed by atoms with Crippen LogP contribution >= 0.6 is 0 Å². The predicted octanol–water partition coefficient (Wildman–Crippen LogP) is 6.05. The summed E-state index contributed by atoms with van der Waals surface area (Å²) in [6, 6.07) is 24.6. The summed E-state index contributed by atoms with van der Waals surface area (Å²) in [5.74, 6) is 0.393. The van der Waals surface area contributed by atoms with Gasteiger partial charge < -0.3 is 19.7 Å². The molecule has 0 aliphatic rings. The number of urea groups is 1. The largest absolute Gasteiger partial charge is 0.497 e. The van der Waals surface area contributed by atoms with Gasteiger partial charge in [-0.25, -0.2) is 4.79 Å². The molecule has 0 fully saturated rings. The molecule has 0 saturated carbocycles. The summed E-state index contributed by atoms with van der Waals surface area (Å²) in [7, 11) is 1.63. The maximum atomic E-state index is 13.9. The van der Waals surface area contributed by atoms with Crippen LogP contribution in [-0.2, 0) is 29.0 Å². The number of esters is 1. The zero-order valence-electron chi connectivity index (χ0n) is 23.2. The van der Waals surface area contributed by atoms with Crippen molar-refractivity contribution in [2.24, 2.45) is 0 Å². The smallest absolute Gasteiger partial charge is 0.318 e. The van der Waals surface area contributed by atoms with Crippen LogP contribution in [0.1, 0.15) is 48.6 Å². The van der Waals surface area contributed by atoms with Crippen LogP contribution in [0.25, 0.3) is 11.3 Å². The van der Waals surface area contributed by atoms with Gasteiger partial charge in [0.15, 0.2) is 0 Å². The van der Waals surface area contributed by atoms with E-state index in [1.54, 1.807) is 25.1 Å². The van der Waals surface area contributed by atoms with Crippen molar-refractivity contribution in [3.05, 3.63) is 107 Å². The van der Waals surface area contributed by atoms with E-state index in [4.69, 9.17) is 9.47 Å². The lowest BCUT2D eigenvalue weighted by atomic mass is 10.0. The SMILES string of the molecule is CCOC(=O)C[C@@H](NC(=O)N(Cc1ccc(CC)cc1)Cc1cn[nH]c1-c1ccc(OC)cc1)c1ccccc1. The van der Waals surface area contributed by atoms with Crippen molar-refractivity contribution in [1.82, 2.24) is 20.4 Å². The summed E-state index contributed by atoms with van der Waals surface area (Å²) >= 11 is 0. The lowest BCUT2D eigenvalue weighted by Gasteiger charge is -2.27. The van der Waals surface area contributed by atoms with Gasteiger partial charge in [0.25, 0.3) is 0 Å². The summed E-state index contributed by atoms with van der Waals surface area (Å²) in [4.78, 5) is 28.0. The van der Waals surface area contributed by atoms with Crippen molar-refractivity contribution < 1.29 is 19.1 Å². The molecule has 0 aliphatic heterocycles. The van der Waals surface area contributed by atoms with Gasteiger partial charge in [-0.1, -0.05) is 61.5 Å². The minimum Gasteiger partial charge on any atom is -0.497 e. The molecule has 0 spiro atoms. The van der Waals surface area contributed by atoms with E-state index in [0.29, 0.717) is 13.1 Å². The Labute approximate surface area is 235 Å². The Morgan fingerprint density at radius 1 is 0.925 bits per heavy atom. The number of carbonyl (C=O) groups is 2. The Hall–Kier alpha value is -4.59. The summed E-state index contributed by atoms with van der Waals surface area (Å²) in [5.41, 5.74) is 5.70. The van der Waals surface area contributed by atoms with E-state index < -0.39 is 6.04 Å². The van der Waals surface area contributed by atoms with E-state index >= 15 is 0 Å². The first kappa shape index (κ1) is 28.4. The van der Waals surface area contributed by atoms with Gasteiger partial charge >= 0.3 is 12.0 Å². The molecule has 0 aliphatic carbocycles. The quantitative estimate of drug-likeness (QED) is 0.213. The molecule has 0 radical (unpaired) electrons. The second-order valence-electron chi connectivity index (χ2n) is 9.45. The monoisotopic (exact) mass is 540 g/mol. The zero-order valence-corrected chi connectivity index (χ0v) is 23.2. The van der Waals surface area contributed by atoms with E-state index in [-0.39, 0.29) is 25.0 Å². The first-order valence-electron chi connectivity index (χ1n) is 13.5. The Morgan fingerprint density at radius 3 is 2.27 bits per heavy atom. The molecule has 1 aromatic heterocycles. The molecule has 1 heterocycles. The number of benzene rings is 3. The standard InChI is InChI=1S/C32H36N4O4/c1-4-23-11-13-24(14-12-23)21-36(22-27-20-33-35-31(27)26-15-17-28(39-3)18-16-26)32(38)34-29(19-30(37)40-5-2)25-9-7-6-8-10-25/h6-18,20,29H,4-5,19,21-22H2,1-3H3,(H,33,35)(H,34,38)/t29-/m1/s1. The van der Waals surface area contributed by atoms with Crippen molar-refractivity contribution >= 4 is 12.0 Å². The zero-order chi connectivity index (χ0) is 28.3. The number of aryl methyl sites for hydroxylation is 1. The number of hydrogen-bond donors (Lipinski definition) is 2. The molecule has 4 rings (SSSR count). The topological polar surface area (TPSA) is 96.5 Å². The van der Waals surface area contributed by atoms with Crippen LogP contribution in [0.5, 0.6) is 5.75 Å². The van der Waals surface area contributed by atoms with E-state index in [1.807, 2.05) is 66.7 Å². The number of H-pyrrole nitrogens is 1. The van der Waals surface area contributed by atoms with Crippen LogP contribution in [-0.4, -0.2) is 40.8 Å².